The van der Waals surface area contributed by atoms with Gasteiger partial charge in [-0.2, -0.15) is 5.26 Å². The van der Waals surface area contributed by atoms with Gasteiger partial charge in [0.25, 0.3) is 6.71 Å². The van der Waals surface area contributed by atoms with E-state index in [-0.39, 0.29) is 12.1 Å². The van der Waals surface area contributed by atoms with E-state index in [4.69, 9.17) is 5.26 Å². The molecule has 1 saturated heterocycles. The molecular formula is C13H13BN2. The molecule has 1 aromatic carbocycles. The minimum absolute atomic E-state index is 0.144. The van der Waals surface area contributed by atoms with E-state index < -0.39 is 0 Å². The molecule has 0 bridgehead atoms. The predicted molar refractivity (Wildman–Crippen MR) is 63.9 cm³/mol. The van der Waals surface area contributed by atoms with E-state index in [2.05, 4.69) is 12.0 Å². The lowest BCUT2D eigenvalue weighted by molar-refractivity contribution is 0.489. The molecule has 2 nitrogen and oxygen atoms in total. The average Bonchev–Trinajstić information content (AvgIpc) is 2.40. The first-order chi connectivity index (χ1) is 7.80. The fourth-order valence-corrected chi connectivity index (χ4v) is 2.46. The molecule has 3 heteroatoms. The predicted octanol–water partition coefficient (Wildman–Crippen LogP) is 2.80. The summed E-state index contributed by atoms with van der Waals surface area (Å²) in [6.07, 6.45) is 3.31. The smallest absolute Gasteiger partial charge is 0.213 e. The van der Waals surface area contributed by atoms with Crippen molar-refractivity contribution in [3.63, 3.8) is 0 Å². The van der Waals surface area contributed by atoms with Gasteiger partial charge in [0.05, 0.1) is 11.5 Å². The van der Waals surface area contributed by atoms with Crippen LogP contribution in [0.1, 0.15) is 18.4 Å². The van der Waals surface area contributed by atoms with Crippen molar-refractivity contribution in [3.8, 4) is 12.0 Å². The summed E-state index contributed by atoms with van der Waals surface area (Å²) in [5, 5.41) is 18.3. The van der Waals surface area contributed by atoms with E-state index in [1.807, 2.05) is 30.3 Å². The summed E-state index contributed by atoms with van der Waals surface area (Å²) in [4.78, 5) is 0. The fourth-order valence-electron chi connectivity index (χ4n) is 2.46. The van der Waals surface area contributed by atoms with Crippen LogP contribution in [0.3, 0.4) is 0 Å². The second kappa shape index (κ2) is 4.41. The van der Waals surface area contributed by atoms with Gasteiger partial charge in [-0.25, -0.2) is 5.26 Å². The van der Waals surface area contributed by atoms with Crippen LogP contribution >= 0.6 is 0 Å². The van der Waals surface area contributed by atoms with Gasteiger partial charge in [0, 0.05) is 5.97 Å². The van der Waals surface area contributed by atoms with E-state index >= 15 is 0 Å². The van der Waals surface area contributed by atoms with Crippen molar-refractivity contribution in [3.05, 3.63) is 35.9 Å². The maximum Gasteiger partial charge on any atom is 0.267 e. The van der Waals surface area contributed by atoms with Crippen molar-refractivity contribution in [2.24, 2.45) is 0 Å². The summed E-state index contributed by atoms with van der Waals surface area (Å²) < 4.78 is 0. The molecule has 78 valence electrons. The Balaban J connectivity index is 2.24. The fraction of sp³-hybridized carbons (Fsp3) is 0.385. The molecule has 1 aromatic rings. The van der Waals surface area contributed by atoms with Gasteiger partial charge in [0.1, 0.15) is 0 Å². The van der Waals surface area contributed by atoms with Crippen LogP contribution in [0.5, 0.6) is 0 Å². The van der Waals surface area contributed by atoms with E-state index in [0.29, 0.717) is 0 Å². The van der Waals surface area contributed by atoms with E-state index in [0.717, 1.165) is 31.0 Å². The van der Waals surface area contributed by atoms with Crippen molar-refractivity contribution in [1.82, 2.24) is 0 Å². The highest BCUT2D eigenvalue weighted by Gasteiger charge is 2.38. The van der Waals surface area contributed by atoms with Crippen LogP contribution in [0.15, 0.2) is 30.3 Å². The Hall–Kier alpha value is -1.74. The van der Waals surface area contributed by atoms with Crippen LogP contribution in [0, 0.1) is 22.6 Å². The van der Waals surface area contributed by atoms with Crippen molar-refractivity contribution >= 4 is 6.71 Å². The highest BCUT2D eigenvalue weighted by Crippen LogP contribution is 2.39. The van der Waals surface area contributed by atoms with E-state index in [1.165, 1.54) is 0 Å². The molecule has 16 heavy (non-hydrogen) atoms. The maximum absolute atomic E-state index is 9.42. The van der Waals surface area contributed by atoms with Crippen LogP contribution in [-0.2, 0) is 5.41 Å². The van der Waals surface area contributed by atoms with Gasteiger partial charge < -0.3 is 0 Å². The quantitative estimate of drug-likeness (QED) is 0.666. The monoisotopic (exact) mass is 208 g/mol. The first kappa shape index (κ1) is 10.8. The third kappa shape index (κ3) is 1.82. The molecule has 0 aromatic heterocycles. The van der Waals surface area contributed by atoms with Gasteiger partial charge in [-0.05, 0) is 18.4 Å². The summed E-state index contributed by atoms with van der Waals surface area (Å²) in [5.74, 6) is 2.31. The number of nitrogens with zero attached hydrogens (tertiary/aromatic N) is 2. The summed E-state index contributed by atoms with van der Waals surface area (Å²) >= 11 is 0. The number of benzene rings is 1. The summed E-state index contributed by atoms with van der Waals surface area (Å²) in [6, 6.07) is 12.4. The third-order valence-corrected chi connectivity index (χ3v) is 3.56. The molecule has 1 aliphatic heterocycles. The van der Waals surface area contributed by atoms with Crippen molar-refractivity contribution < 1.29 is 0 Å². The zero-order valence-electron chi connectivity index (χ0n) is 9.19. The standard InChI is InChI=1S/C13H13BN2/c15-10-13(12-4-2-1-3-5-12)6-8-14(11-16)9-7-13/h1-5H,6-9H2. The third-order valence-electron chi connectivity index (χ3n) is 3.56. The second-order valence-electron chi connectivity index (χ2n) is 4.46. The molecule has 1 aliphatic rings. The summed E-state index contributed by atoms with van der Waals surface area (Å²) in [5.41, 5.74) is 0.753. The number of hydrogen-bond acceptors (Lipinski definition) is 2. The molecule has 1 heterocycles. The largest absolute Gasteiger partial charge is 0.267 e. The van der Waals surface area contributed by atoms with Gasteiger partial charge in [-0.3, -0.25) is 0 Å². The molecular weight excluding hydrogens is 195 g/mol. The Morgan fingerprint density at radius 2 is 1.69 bits per heavy atom. The lowest BCUT2D eigenvalue weighted by atomic mass is 9.39. The highest BCUT2D eigenvalue weighted by atomic mass is 14.4. The Kier molecular flexibility index (Phi) is 2.97. The Morgan fingerprint density at radius 3 is 2.19 bits per heavy atom. The molecule has 0 saturated carbocycles. The van der Waals surface area contributed by atoms with E-state index in [1.54, 1.807) is 0 Å². The molecule has 0 N–H and O–H groups in total. The van der Waals surface area contributed by atoms with Gasteiger partial charge in [-0.1, -0.05) is 43.0 Å². The Labute approximate surface area is 96.6 Å². The second-order valence-corrected chi connectivity index (χ2v) is 4.46. The van der Waals surface area contributed by atoms with Crippen LogP contribution in [-0.4, -0.2) is 6.71 Å². The van der Waals surface area contributed by atoms with Gasteiger partial charge in [-0.15, -0.1) is 0 Å². The summed E-state index contributed by atoms with van der Waals surface area (Å²) in [7, 11) is 0. The Bertz CT molecular complexity index is 433. The molecule has 0 atom stereocenters. The molecule has 0 radical (unpaired) electrons. The van der Waals surface area contributed by atoms with Crippen LogP contribution in [0.4, 0.5) is 0 Å². The van der Waals surface area contributed by atoms with Crippen molar-refractivity contribution in [2.75, 3.05) is 0 Å². The SMILES string of the molecule is N#CB1CCC(C#N)(c2ccccc2)CC1. The number of rotatable bonds is 1. The molecule has 0 amide bonds. The lowest BCUT2D eigenvalue weighted by Crippen LogP contribution is -2.32. The Morgan fingerprint density at radius 1 is 1.06 bits per heavy atom. The van der Waals surface area contributed by atoms with Gasteiger partial charge >= 0.3 is 0 Å². The normalized spacial score (nSPS) is 18.5. The molecule has 0 aliphatic carbocycles. The van der Waals surface area contributed by atoms with Crippen molar-refractivity contribution in [2.45, 2.75) is 30.9 Å². The zero-order chi connectivity index (χ0) is 11.4. The number of hydrogen-bond donors (Lipinski definition) is 0. The molecule has 2 rings (SSSR count). The highest BCUT2D eigenvalue weighted by molar-refractivity contribution is 6.67. The summed E-state index contributed by atoms with van der Waals surface area (Å²) in [6.45, 7) is 0.144. The van der Waals surface area contributed by atoms with Gasteiger partial charge in [0.2, 0.25) is 0 Å². The lowest BCUT2D eigenvalue weighted by Gasteiger charge is -2.32. The minimum atomic E-state index is -0.353. The molecule has 0 spiro atoms. The maximum atomic E-state index is 9.42. The average molecular weight is 208 g/mol. The minimum Gasteiger partial charge on any atom is -0.213 e. The van der Waals surface area contributed by atoms with Crippen molar-refractivity contribution in [1.29, 1.82) is 10.5 Å². The first-order valence-electron chi connectivity index (χ1n) is 5.67. The van der Waals surface area contributed by atoms with Crippen LogP contribution in [0.2, 0.25) is 12.6 Å². The van der Waals surface area contributed by atoms with Crippen LogP contribution in [0.25, 0.3) is 0 Å². The molecule has 0 unspecified atom stereocenters. The van der Waals surface area contributed by atoms with E-state index in [9.17, 15) is 5.26 Å². The van der Waals surface area contributed by atoms with Crippen LogP contribution < -0.4 is 0 Å². The topological polar surface area (TPSA) is 47.6 Å². The number of nitriles is 2. The zero-order valence-corrected chi connectivity index (χ0v) is 9.19. The van der Waals surface area contributed by atoms with Gasteiger partial charge in [0.15, 0.2) is 0 Å². The molecule has 1 fully saturated rings. The first-order valence-corrected chi connectivity index (χ1v) is 5.67.